The molecule has 25 heavy (non-hydrogen) atoms. The summed E-state index contributed by atoms with van der Waals surface area (Å²) < 4.78 is 5.32. The first-order chi connectivity index (χ1) is 12.0. The maximum Gasteiger partial charge on any atom is 0.354 e. The van der Waals surface area contributed by atoms with Crippen molar-refractivity contribution < 1.29 is 4.42 Å². The quantitative estimate of drug-likeness (QED) is 0.484. The van der Waals surface area contributed by atoms with Crippen molar-refractivity contribution in [3.63, 3.8) is 0 Å². The van der Waals surface area contributed by atoms with E-state index in [0.29, 0.717) is 28.0 Å². The van der Waals surface area contributed by atoms with E-state index in [0.717, 1.165) is 11.1 Å². The van der Waals surface area contributed by atoms with Gasteiger partial charge in [0.15, 0.2) is 0 Å². The summed E-state index contributed by atoms with van der Waals surface area (Å²) in [4.78, 5) is 12.2. The van der Waals surface area contributed by atoms with Gasteiger partial charge in [0.2, 0.25) is 0 Å². The summed E-state index contributed by atoms with van der Waals surface area (Å²) in [6, 6.07) is 15.3. The van der Waals surface area contributed by atoms with Gasteiger partial charge in [-0.15, -0.1) is 6.58 Å². The Morgan fingerprint density at radius 2 is 2.04 bits per heavy atom. The molecule has 0 aliphatic carbocycles. The van der Waals surface area contributed by atoms with Gasteiger partial charge >= 0.3 is 5.63 Å². The monoisotopic (exact) mass is 349 g/mol. The molecule has 0 saturated carbocycles. The number of allylic oxidation sites excluding steroid dienone is 1. The van der Waals surface area contributed by atoms with Crippen molar-refractivity contribution in [2.45, 2.75) is 19.3 Å². The zero-order valence-electron chi connectivity index (χ0n) is 13.8. The first kappa shape index (κ1) is 17.0. The number of benzene rings is 2. The average molecular weight is 350 g/mol. The molecule has 0 amide bonds. The van der Waals surface area contributed by atoms with Crippen LogP contribution in [-0.2, 0) is 6.42 Å². The van der Waals surface area contributed by atoms with Crippen LogP contribution in [0.15, 0.2) is 64.3 Å². The fourth-order valence-corrected chi connectivity index (χ4v) is 3.13. The molecule has 0 N–H and O–H groups in total. The number of nitriles is 1. The van der Waals surface area contributed by atoms with E-state index in [1.807, 2.05) is 49.4 Å². The molecular formula is C21H16ClNO2. The summed E-state index contributed by atoms with van der Waals surface area (Å²) in [5, 5.41) is 10.7. The van der Waals surface area contributed by atoms with Crippen molar-refractivity contribution in [1.29, 1.82) is 5.26 Å². The SMILES string of the molecule is C=C[C@H](Cc1c(C#N)c(=O)oc2cc(C)c(Cl)cc12)c1ccccc1. The number of aryl methyl sites for hydroxylation is 1. The minimum Gasteiger partial charge on any atom is -0.422 e. The van der Waals surface area contributed by atoms with Gasteiger partial charge in [-0.25, -0.2) is 4.79 Å². The summed E-state index contributed by atoms with van der Waals surface area (Å²) in [7, 11) is 0. The van der Waals surface area contributed by atoms with Gasteiger partial charge in [0, 0.05) is 16.3 Å². The second-order valence-corrected chi connectivity index (χ2v) is 6.32. The third-order valence-corrected chi connectivity index (χ3v) is 4.75. The molecule has 0 radical (unpaired) electrons. The van der Waals surface area contributed by atoms with E-state index in [-0.39, 0.29) is 11.5 Å². The van der Waals surface area contributed by atoms with E-state index in [4.69, 9.17) is 16.0 Å². The van der Waals surface area contributed by atoms with Crippen LogP contribution in [-0.4, -0.2) is 0 Å². The van der Waals surface area contributed by atoms with Crippen molar-refractivity contribution in [2.75, 3.05) is 0 Å². The van der Waals surface area contributed by atoms with Crippen LogP contribution < -0.4 is 5.63 Å². The molecule has 0 aliphatic rings. The zero-order chi connectivity index (χ0) is 18.0. The number of rotatable bonds is 4. The number of fused-ring (bicyclic) bond motifs is 1. The van der Waals surface area contributed by atoms with E-state index in [1.165, 1.54) is 0 Å². The second kappa shape index (κ2) is 6.96. The zero-order valence-corrected chi connectivity index (χ0v) is 14.5. The van der Waals surface area contributed by atoms with Gasteiger partial charge in [-0.1, -0.05) is 48.0 Å². The second-order valence-electron chi connectivity index (χ2n) is 5.91. The summed E-state index contributed by atoms with van der Waals surface area (Å²) in [6.45, 7) is 5.76. The molecule has 124 valence electrons. The van der Waals surface area contributed by atoms with Crippen LogP contribution in [0.25, 0.3) is 11.0 Å². The number of hydrogen-bond acceptors (Lipinski definition) is 3. The van der Waals surface area contributed by atoms with Gasteiger partial charge in [-0.2, -0.15) is 5.26 Å². The normalized spacial score (nSPS) is 11.9. The molecule has 3 nitrogen and oxygen atoms in total. The van der Waals surface area contributed by atoms with Gasteiger partial charge in [-0.3, -0.25) is 0 Å². The Hall–Kier alpha value is -2.83. The van der Waals surface area contributed by atoms with E-state index in [2.05, 4.69) is 6.58 Å². The molecular weight excluding hydrogens is 334 g/mol. The molecule has 0 fully saturated rings. The third-order valence-electron chi connectivity index (χ3n) is 4.34. The fraction of sp³-hybridized carbons (Fsp3) is 0.143. The molecule has 0 aliphatic heterocycles. The predicted octanol–water partition coefficient (Wildman–Crippen LogP) is 5.14. The van der Waals surface area contributed by atoms with E-state index < -0.39 is 5.63 Å². The summed E-state index contributed by atoms with van der Waals surface area (Å²) in [5.41, 5.74) is 2.37. The van der Waals surface area contributed by atoms with Gasteiger partial charge < -0.3 is 4.42 Å². The lowest BCUT2D eigenvalue weighted by Gasteiger charge is -2.15. The molecule has 0 bridgehead atoms. The maximum atomic E-state index is 12.2. The Morgan fingerprint density at radius 1 is 1.32 bits per heavy atom. The van der Waals surface area contributed by atoms with Crippen LogP contribution in [0.5, 0.6) is 0 Å². The van der Waals surface area contributed by atoms with E-state index in [9.17, 15) is 10.1 Å². The smallest absolute Gasteiger partial charge is 0.354 e. The lowest BCUT2D eigenvalue weighted by molar-refractivity contribution is 0.555. The van der Waals surface area contributed by atoms with Gasteiger partial charge in [0.05, 0.1) is 0 Å². The standard InChI is InChI=1S/C21H16ClNO2/c1-3-14(15-7-5-4-6-8-15)10-16-17-11-19(22)13(2)9-20(17)25-21(24)18(16)12-23/h3-9,11,14H,1,10H2,2H3/t14-/m1/s1. The van der Waals surface area contributed by atoms with E-state index >= 15 is 0 Å². The Labute approximate surface area is 150 Å². The summed E-state index contributed by atoms with van der Waals surface area (Å²) >= 11 is 6.26. The van der Waals surface area contributed by atoms with Crippen LogP contribution in [0.4, 0.5) is 0 Å². The minimum atomic E-state index is -0.623. The summed E-state index contributed by atoms with van der Waals surface area (Å²) in [6.07, 6.45) is 2.30. The third kappa shape index (κ3) is 3.22. The van der Waals surface area contributed by atoms with Crippen LogP contribution in [0.1, 0.15) is 28.2 Å². The molecule has 0 spiro atoms. The molecule has 3 rings (SSSR count). The number of halogens is 1. The average Bonchev–Trinajstić information content (AvgIpc) is 2.62. The molecule has 1 heterocycles. The van der Waals surface area contributed by atoms with Crippen LogP contribution in [0.3, 0.4) is 0 Å². The Balaban J connectivity index is 2.23. The maximum absolute atomic E-state index is 12.2. The Morgan fingerprint density at radius 3 is 2.68 bits per heavy atom. The molecule has 0 saturated heterocycles. The molecule has 1 aromatic heterocycles. The Bertz CT molecular complexity index is 1050. The first-order valence-corrected chi connectivity index (χ1v) is 8.26. The highest BCUT2D eigenvalue weighted by molar-refractivity contribution is 6.32. The molecule has 4 heteroatoms. The van der Waals surface area contributed by atoms with Crippen LogP contribution in [0.2, 0.25) is 5.02 Å². The molecule has 0 unspecified atom stereocenters. The van der Waals surface area contributed by atoms with Crippen LogP contribution in [0, 0.1) is 18.3 Å². The molecule has 2 aromatic carbocycles. The van der Waals surface area contributed by atoms with Crippen molar-refractivity contribution in [3.05, 3.63) is 92.8 Å². The molecule has 3 aromatic rings. The number of nitrogens with zero attached hydrogens (tertiary/aromatic N) is 1. The van der Waals surface area contributed by atoms with E-state index in [1.54, 1.807) is 12.1 Å². The van der Waals surface area contributed by atoms with Crippen molar-refractivity contribution in [2.24, 2.45) is 0 Å². The largest absolute Gasteiger partial charge is 0.422 e. The van der Waals surface area contributed by atoms with Crippen LogP contribution >= 0.6 is 11.6 Å². The van der Waals surface area contributed by atoms with Crippen molar-refractivity contribution in [3.8, 4) is 6.07 Å². The summed E-state index contributed by atoms with van der Waals surface area (Å²) in [5.74, 6) is -0.0293. The Kier molecular flexibility index (Phi) is 4.74. The lowest BCUT2D eigenvalue weighted by atomic mass is 9.89. The van der Waals surface area contributed by atoms with Gasteiger partial charge in [-0.05, 0) is 42.2 Å². The highest BCUT2D eigenvalue weighted by Crippen LogP contribution is 2.31. The topological polar surface area (TPSA) is 54.0 Å². The van der Waals surface area contributed by atoms with Crippen molar-refractivity contribution >= 4 is 22.6 Å². The highest BCUT2D eigenvalue weighted by Gasteiger charge is 2.19. The minimum absolute atomic E-state index is 0.0233. The molecule has 1 atom stereocenters. The highest BCUT2D eigenvalue weighted by atomic mass is 35.5. The number of hydrogen-bond donors (Lipinski definition) is 0. The fourth-order valence-electron chi connectivity index (χ4n) is 2.97. The van der Waals surface area contributed by atoms with Gasteiger partial charge in [0.1, 0.15) is 17.2 Å². The first-order valence-electron chi connectivity index (χ1n) is 7.88. The predicted molar refractivity (Wildman–Crippen MR) is 100 cm³/mol. The lowest BCUT2D eigenvalue weighted by Crippen LogP contribution is -2.12. The van der Waals surface area contributed by atoms with Gasteiger partial charge in [0.25, 0.3) is 0 Å². The van der Waals surface area contributed by atoms with Crippen molar-refractivity contribution in [1.82, 2.24) is 0 Å².